The van der Waals surface area contributed by atoms with Crippen LogP contribution >= 0.6 is 0 Å². The van der Waals surface area contributed by atoms with E-state index in [1.54, 1.807) is 0 Å². The van der Waals surface area contributed by atoms with E-state index in [9.17, 15) is 9.59 Å². The minimum Gasteiger partial charge on any atom is -0.323 e. The third kappa shape index (κ3) is 2.60. The first-order valence-corrected chi connectivity index (χ1v) is 6.52. The van der Waals surface area contributed by atoms with Gasteiger partial charge in [0, 0.05) is 13.1 Å². The summed E-state index contributed by atoms with van der Waals surface area (Å²) in [5, 5.41) is 5.12. The molecule has 2 aliphatic heterocycles. The highest BCUT2D eigenvalue weighted by molar-refractivity contribution is 6.07. The van der Waals surface area contributed by atoms with Gasteiger partial charge in [-0.25, -0.2) is 4.79 Å². The minimum absolute atomic E-state index is 0.143. The zero-order valence-corrected chi connectivity index (χ0v) is 10.4. The van der Waals surface area contributed by atoms with Crippen molar-refractivity contribution in [2.75, 3.05) is 19.6 Å². The van der Waals surface area contributed by atoms with Gasteiger partial charge in [-0.2, -0.15) is 0 Å². The summed E-state index contributed by atoms with van der Waals surface area (Å²) in [6.07, 6.45) is 5.19. The lowest BCUT2D eigenvalue weighted by Gasteiger charge is -2.36. The molecule has 2 aliphatic rings. The molecule has 0 atom stereocenters. The van der Waals surface area contributed by atoms with Crippen molar-refractivity contribution in [2.24, 2.45) is 0 Å². The van der Waals surface area contributed by atoms with Crippen LogP contribution < -0.4 is 10.6 Å². The van der Waals surface area contributed by atoms with Crippen molar-refractivity contribution in [2.45, 2.75) is 44.6 Å². The molecule has 0 aromatic rings. The fourth-order valence-electron chi connectivity index (χ4n) is 2.62. The van der Waals surface area contributed by atoms with Crippen molar-refractivity contribution in [1.29, 1.82) is 0 Å². The molecule has 5 nitrogen and oxygen atoms in total. The lowest BCUT2D eigenvalue weighted by atomic mass is 9.87. The third-order valence-corrected chi connectivity index (χ3v) is 3.80. The van der Waals surface area contributed by atoms with Crippen molar-refractivity contribution in [3.63, 3.8) is 0 Å². The fourth-order valence-corrected chi connectivity index (χ4v) is 2.62. The number of piperidine rings is 1. The summed E-state index contributed by atoms with van der Waals surface area (Å²) in [6.45, 7) is 5.11. The van der Waals surface area contributed by atoms with Crippen LogP contribution in [-0.2, 0) is 4.79 Å². The quantitative estimate of drug-likeness (QED) is 0.565. The number of hydrogen-bond acceptors (Lipinski definition) is 3. The van der Waals surface area contributed by atoms with Crippen molar-refractivity contribution in [1.82, 2.24) is 15.5 Å². The molecule has 0 saturated carbocycles. The molecule has 0 aromatic carbocycles. The lowest BCUT2D eigenvalue weighted by Crippen LogP contribution is -2.54. The smallest absolute Gasteiger partial charge is 0.322 e. The highest BCUT2D eigenvalue weighted by Crippen LogP contribution is 2.25. The SMILES string of the molecule is CCCCCN1CCC2(CC1)NC(=O)NC2=O. The number of likely N-dealkylation sites (tertiary alicyclic amines) is 1. The zero-order chi connectivity index (χ0) is 12.3. The number of hydrogen-bond donors (Lipinski definition) is 2. The minimum atomic E-state index is -0.613. The van der Waals surface area contributed by atoms with Crippen LogP contribution in [0.1, 0.15) is 39.0 Å². The number of imide groups is 1. The van der Waals surface area contributed by atoms with Crippen LogP contribution in [0.3, 0.4) is 0 Å². The summed E-state index contributed by atoms with van der Waals surface area (Å²) in [5.74, 6) is -0.143. The lowest BCUT2D eigenvalue weighted by molar-refractivity contribution is -0.125. The normalized spacial score (nSPS) is 23.8. The Hall–Kier alpha value is -1.10. The molecule has 0 aliphatic carbocycles. The molecule has 0 bridgehead atoms. The Kier molecular flexibility index (Phi) is 3.66. The van der Waals surface area contributed by atoms with Crippen LogP contribution in [-0.4, -0.2) is 42.0 Å². The maximum Gasteiger partial charge on any atom is 0.322 e. The average molecular weight is 239 g/mol. The van der Waals surface area contributed by atoms with Gasteiger partial charge in [0.15, 0.2) is 0 Å². The standard InChI is InChI=1S/C12H21N3O2/c1-2-3-4-7-15-8-5-12(6-9-15)10(16)13-11(17)14-12/h2-9H2,1H3,(H2,13,14,16,17). The van der Waals surface area contributed by atoms with Gasteiger partial charge in [-0.15, -0.1) is 0 Å². The highest BCUT2D eigenvalue weighted by atomic mass is 16.2. The van der Waals surface area contributed by atoms with Crippen LogP contribution in [0.2, 0.25) is 0 Å². The highest BCUT2D eigenvalue weighted by Gasteiger charge is 2.47. The Morgan fingerprint density at radius 3 is 2.47 bits per heavy atom. The number of nitrogens with one attached hydrogen (secondary N) is 2. The van der Waals surface area contributed by atoms with E-state index in [0.29, 0.717) is 0 Å². The van der Waals surface area contributed by atoms with Gasteiger partial charge in [-0.1, -0.05) is 19.8 Å². The number of unbranched alkanes of at least 4 members (excludes halogenated alkanes) is 2. The van der Waals surface area contributed by atoms with Gasteiger partial charge in [-0.05, 0) is 25.8 Å². The molecule has 2 fully saturated rings. The Morgan fingerprint density at radius 1 is 1.24 bits per heavy atom. The first-order valence-electron chi connectivity index (χ1n) is 6.52. The molecule has 17 heavy (non-hydrogen) atoms. The number of rotatable bonds is 4. The molecule has 3 amide bonds. The van der Waals surface area contributed by atoms with E-state index in [1.807, 2.05) is 0 Å². The molecule has 0 aromatic heterocycles. The van der Waals surface area contributed by atoms with Gasteiger partial charge in [-0.3, -0.25) is 10.1 Å². The van der Waals surface area contributed by atoms with Gasteiger partial charge in [0.2, 0.25) is 0 Å². The summed E-state index contributed by atoms with van der Waals surface area (Å²) >= 11 is 0. The molecule has 2 rings (SSSR count). The number of amides is 3. The van der Waals surface area contributed by atoms with Crippen LogP contribution in [0.5, 0.6) is 0 Å². The van der Waals surface area contributed by atoms with Crippen LogP contribution in [0.25, 0.3) is 0 Å². The summed E-state index contributed by atoms with van der Waals surface area (Å²) in [6, 6.07) is -0.338. The summed E-state index contributed by atoms with van der Waals surface area (Å²) in [5.41, 5.74) is -0.613. The maximum absolute atomic E-state index is 11.7. The molecule has 2 saturated heterocycles. The molecule has 5 heteroatoms. The average Bonchev–Trinajstić information content (AvgIpc) is 2.57. The predicted molar refractivity (Wildman–Crippen MR) is 64.6 cm³/mol. The third-order valence-electron chi connectivity index (χ3n) is 3.80. The number of carbonyl (C=O) groups excluding carboxylic acids is 2. The van der Waals surface area contributed by atoms with Crippen molar-refractivity contribution in [3.8, 4) is 0 Å². The Morgan fingerprint density at radius 2 is 1.94 bits per heavy atom. The number of carbonyl (C=O) groups is 2. The largest absolute Gasteiger partial charge is 0.323 e. The number of nitrogens with zero attached hydrogens (tertiary/aromatic N) is 1. The van der Waals surface area contributed by atoms with E-state index in [4.69, 9.17) is 0 Å². The summed E-state index contributed by atoms with van der Waals surface area (Å²) in [7, 11) is 0. The predicted octanol–water partition coefficient (Wildman–Crippen LogP) is 0.851. The second-order valence-electron chi connectivity index (χ2n) is 5.04. The zero-order valence-electron chi connectivity index (χ0n) is 10.4. The van der Waals surface area contributed by atoms with Crippen LogP contribution in [0, 0.1) is 0 Å². The van der Waals surface area contributed by atoms with Gasteiger partial charge in [0.1, 0.15) is 5.54 Å². The second kappa shape index (κ2) is 5.04. The first-order chi connectivity index (χ1) is 8.16. The Balaban J connectivity index is 1.81. The molecule has 0 radical (unpaired) electrons. The number of urea groups is 1. The van der Waals surface area contributed by atoms with E-state index in [2.05, 4.69) is 22.5 Å². The molecule has 96 valence electrons. The molecular weight excluding hydrogens is 218 g/mol. The van der Waals surface area contributed by atoms with Crippen molar-refractivity contribution in [3.05, 3.63) is 0 Å². The van der Waals surface area contributed by atoms with Gasteiger partial charge in [0.05, 0.1) is 0 Å². The molecule has 1 spiro atoms. The topological polar surface area (TPSA) is 61.4 Å². The molecule has 0 unspecified atom stereocenters. The first kappa shape index (κ1) is 12.4. The van der Waals surface area contributed by atoms with E-state index < -0.39 is 5.54 Å². The van der Waals surface area contributed by atoms with E-state index in [1.165, 1.54) is 19.3 Å². The fraction of sp³-hybridized carbons (Fsp3) is 0.833. The van der Waals surface area contributed by atoms with E-state index >= 15 is 0 Å². The van der Waals surface area contributed by atoms with Crippen molar-refractivity contribution >= 4 is 11.9 Å². The Labute approximate surface area is 102 Å². The van der Waals surface area contributed by atoms with Crippen molar-refractivity contribution < 1.29 is 9.59 Å². The summed E-state index contributed by atoms with van der Waals surface area (Å²) in [4.78, 5) is 25.3. The monoisotopic (exact) mass is 239 g/mol. The van der Waals surface area contributed by atoms with Gasteiger partial charge in [0.25, 0.3) is 5.91 Å². The van der Waals surface area contributed by atoms with E-state index in [0.717, 1.165) is 32.5 Å². The van der Waals surface area contributed by atoms with E-state index in [-0.39, 0.29) is 11.9 Å². The Bertz CT molecular complexity index is 309. The van der Waals surface area contributed by atoms with Crippen LogP contribution in [0.15, 0.2) is 0 Å². The maximum atomic E-state index is 11.7. The van der Waals surface area contributed by atoms with Gasteiger partial charge < -0.3 is 10.2 Å². The second-order valence-corrected chi connectivity index (χ2v) is 5.04. The van der Waals surface area contributed by atoms with Gasteiger partial charge >= 0.3 is 6.03 Å². The molecule has 2 heterocycles. The van der Waals surface area contributed by atoms with Crippen LogP contribution in [0.4, 0.5) is 4.79 Å². The molecular formula is C12H21N3O2. The molecule has 2 N–H and O–H groups in total. The summed E-state index contributed by atoms with van der Waals surface area (Å²) < 4.78 is 0.